The number of carbonyl (C=O) groups is 1. The summed E-state index contributed by atoms with van der Waals surface area (Å²) in [5, 5.41) is 6.71. The lowest BCUT2D eigenvalue weighted by molar-refractivity contribution is 0.0827. The lowest BCUT2D eigenvalue weighted by Crippen LogP contribution is -2.44. The molecule has 0 aliphatic heterocycles. The minimum absolute atomic E-state index is 0.00981. The Labute approximate surface area is 174 Å². The fourth-order valence-electron chi connectivity index (χ4n) is 2.86. The highest BCUT2D eigenvalue weighted by Gasteiger charge is 2.11. The van der Waals surface area contributed by atoms with Gasteiger partial charge in [-0.25, -0.2) is 0 Å². The number of hydrogen-bond acceptors (Lipinski definition) is 3. The van der Waals surface area contributed by atoms with E-state index in [1.807, 2.05) is 30.3 Å². The van der Waals surface area contributed by atoms with E-state index in [1.165, 1.54) is 5.56 Å². The zero-order chi connectivity index (χ0) is 21.2. The predicted octanol–water partition coefficient (Wildman–Crippen LogP) is 2.57. The zero-order valence-electron chi connectivity index (χ0n) is 18.1. The van der Waals surface area contributed by atoms with E-state index in [1.54, 1.807) is 26.0 Å². The van der Waals surface area contributed by atoms with E-state index in [9.17, 15) is 4.79 Å². The lowest BCUT2D eigenvalue weighted by atomic mass is 10.1. The van der Waals surface area contributed by atoms with Gasteiger partial charge >= 0.3 is 0 Å². The fourth-order valence-corrected chi connectivity index (χ4v) is 2.86. The Bertz CT molecular complexity index is 787. The molecule has 2 N–H and O–H groups in total. The molecule has 0 heterocycles. The first-order valence-corrected chi connectivity index (χ1v) is 9.90. The molecule has 0 aliphatic carbocycles. The number of carbonyl (C=O) groups excluding carboxylic acids is 1. The summed E-state index contributed by atoms with van der Waals surface area (Å²) in [6.07, 6.45) is 0. The monoisotopic (exact) mass is 395 g/mol. The molecule has 1 atom stereocenters. The molecule has 1 unspecified atom stereocenters. The minimum Gasteiger partial charge on any atom is -0.355 e. The molecule has 0 bridgehead atoms. The standard InChI is InChI=1S/C23H33N5O/c1-18(28(5)17-20-9-7-6-8-10-20)15-25-23(24-2)26-16-19-11-13-21(14-12-19)22(29)27(3)4/h6-14,18H,15-17H2,1-5H3,(H2,24,25,26). The Kier molecular flexibility index (Phi) is 8.68. The molecule has 6 nitrogen and oxygen atoms in total. The first-order valence-electron chi connectivity index (χ1n) is 9.90. The Morgan fingerprint density at radius 1 is 0.966 bits per heavy atom. The van der Waals surface area contributed by atoms with Crippen LogP contribution in [0.1, 0.15) is 28.4 Å². The molecule has 2 aromatic carbocycles. The van der Waals surface area contributed by atoms with Crippen LogP contribution in [0.25, 0.3) is 0 Å². The number of guanidine groups is 1. The Hall–Kier alpha value is -2.86. The van der Waals surface area contributed by atoms with E-state index < -0.39 is 0 Å². The van der Waals surface area contributed by atoms with E-state index in [2.05, 4.69) is 58.8 Å². The van der Waals surface area contributed by atoms with E-state index in [-0.39, 0.29) is 5.91 Å². The molecule has 29 heavy (non-hydrogen) atoms. The smallest absolute Gasteiger partial charge is 0.253 e. The molecule has 2 aromatic rings. The van der Waals surface area contributed by atoms with Gasteiger partial charge in [0, 0.05) is 52.4 Å². The second-order valence-corrected chi connectivity index (χ2v) is 7.45. The van der Waals surface area contributed by atoms with Crippen LogP contribution in [0, 0.1) is 0 Å². The minimum atomic E-state index is 0.00981. The molecule has 156 valence electrons. The number of amides is 1. The molecule has 0 spiro atoms. The van der Waals surface area contributed by atoms with Gasteiger partial charge in [0.25, 0.3) is 5.91 Å². The molecule has 0 saturated heterocycles. The highest BCUT2D eigenvalue weighted by Crippen LogP contribution is 2.07. The second-order valence-electron chi connectivity index (χ2n) is 7.45. The van der Waals surface area contributed by atoms with Crippen molar-refractivity contribution in [3.8, 4) is 0 Å². The average molecular weight is 396 g/mol. The van der Waals surface area contributed by atoms with Crippen molar-refractivity contribution in [2.45, 2.75) is 26.1 Å². The van der Waals surface area contributed by atoms with Crippen LogP contribution < -0.4 is 10.6 Å². The molecule has 1 amide bonds. The van der Waals surface area contributed by atoms with Crippen molar-refractivity contribution in [3.05, 3.63) is 71.3 Å². The van der Waals surface area contributed by atoms with Gasteiger partial charge in [0.05, 0.1) is 0 Å². The fraction of sp³-hybridized carbons (Fsp3) is 0.391. The summed E-state index contributed by atoms with van der Waals surface area (Å²) in [7, 11) is 7.41. The largest absolute Gasteiger partial charge is 0.355 e. The van der Waals surface area contributed by atoms with Crippen molar-refractivity contribution in [1.82, 2.24) is 20.4 Å². The third kappa shape index (κ3) is 7.23. The van der Waals surface area contributed by atoms with Crippen molar-refractivity contribution in [2.24, 2.45) is 4.99 Å². The number of nitrogens with zero attached hydrogens (tertiary/aromatic N) is 3. The first kappa shape index (κ1) is 22.4. The van der Waals surface area contributed by atoms with E-state index >= 15 is 0 Å². The Balaban J connectivity index is 1.79. The van der Waals surface area contributed by atoms with Gasteiger partial charge in [-0.2, -0.15) is 0 Å². The summed E-state index contributed by atoms with van der Waals surface area (Å²) < 4.78 is 0. The summed E-state index contributed by atoms with van der Waals surface area (Å²) in [5.74, 6) is 0.772. The first-order chi connectivity index (χ1) is 13.9. The molecule has 6 heteroatoms. The maximum atomic E-state index is 12.0. The van der Waals surface area contributed by atoms with Crippen LogP contribution in [-0.2, 0) is 13.1 Å². The van der Waals surface area contributed by atoms with Gasteiger partial charge in [-0.3, -0.25) is 14.7 Å². The topological polar surface area (TPSA) is 60.0 Å². The molecule has 0 aromatic heterocycles. The van der Waals surface area contributed by atoms with Gasteiger partial charge in [-0.1, -0.05) is 42.5 Å². The molecule has 0 aliphatic rings. The average Bonchev–Trinajstić information content (AvgIpc) is 2.74. The van der Waals surface area contributed by atoms with E-state index in [0.29, 0.717) is 18.2 Å². The van der Waals surface area contributed by atoms with Gasteiger partial charge in [0.15, 0.2) is 5.96 Å². The van der Waals surface area contributed by atoms with Gasteiger partial charge in [0.2, 0.25) is 0 Å². The van der Waals surface area contributed by atoms with Crippen LogP contribution in [0.4, 0.5) is 0 Å². The third-order valence-corrected chi connectivity index (χ3v) is 4.88. The number of benzene rings is 2. The SMILES string of the molecule is CN=C(NCc1ccc(C(=O)N(C)C)cc1)NCC(C)N(C)Cc1ccccc1. The van der Waals surface area contributed by atoms with Crippen molar-refractivity contribution in [3.63, 3.8) is 0 Å². The molecular weight excluding hydrogens is 362 g/mol. The van der Waals surface area contributed by atoms with Crippen LogP contribution in [0.2, 0.25) is 0 Å². The lowest BCUT2D eigenvalue weighted by Gasteiger charge is -2.25. The van der Waals surface area contributed by atoms with Crippen LogP contribution in [-0.4, -0.2) is 62.4 Å². The van der Waals surface area contributed by atoms with Gasteiger partial charge in [-0.05, 0) is 37.2 Å². The van der Waals surface area contributed by atoms with Crippen molar-refractivity contribution < 1.29 is 4.79 Å². The van der Waals surface area contributed by atoms with Crippen LogP contribution in [0.3, 0.4) is 0 Å². The van der Waals surface area contributed by atoms with Gasteiger partial charge < -0.3 is 15.5 Å². The molecular formula is C23H33N5O. The van der Waals surface area contributed by atoms with Crippen molar-refractivity contribution >= 4 is 11.9 Å². The highest BCUT2D eigenvalue weighted by atomic mass is 16.2. The Morgan fingerprint density at radius 2 is 1.62 bits per heavy atom. The number of hydrogen-bond donors (Lipinski definition) is 2. The molecule has 0 fully saturated rings. The van der Waals surface area contributed by atoms with Gasteiger partial charge in [-0.15, -0.1) is 0 Å². The predicted molar refractivity (Wildman–Crippen MR) is 120 cm³/mol. The van der Waals surface area contributed by atoms with E-state index in [0.717, 1.165) is 24.6 Å². The third-order valence-electron chi connectivity index (χ3n) is 4.88. The number of aliphatic imine (C=N–C) groups is 1. The summed E-state index contributed by atoms with van der Waals surface area (Å²) in [6, 6.07) is 18.5. The zero-order valence-corrected chi connectivity index (χ0v) is 18.1. The molecule has 2 rings (SSSR count). The number of likely N-dealkylation sites (N-methyl/N-ethyl adjacent to an activating group) is 1. The maximum Gasteiger partial charge on any atom is 0.253 e. The quantitative estimate of drug-likeness (QED) is 0.533. The van der Waals surface area contributed by atoms with Crippen molar-refractivity contribution in [2.75, 3.05) is 34.7 Å². The highest BCUT2D eigenvalue weighted by molar-refractivity contribution is 5.93. The summed E-state index contributed by atoms with van der Waals surface area (Å²) in [5.41, 5.74) is 3.09. The van der Waals surface area contributed by atoms with E-state index in [4.69, 9.17) is 0 Å². The van der Waals surface area contributed by atoms with Crippen LogP contribution >= 0.6 is 0 Å². The van der Waals surface area contributed by atoms with Crippen LogP contribution in [0.15, 0.2) is 59.6 Å². The summed E-state index contributed by atoms with van der Waals surface area (Å²) in [4.78, 5) is 20.2. The number of nitrogens with one attached hydrogen (secondary N) is 2. The summed E-state index contributed by atoms with van der Waals surface area (Å²) in [6.45, 7) is 4.54. The van der Waals surface area contributed by atoms with Crippen LogP contribution in [0.5, 0.6) is 0 Å². The summed E-state index contributed by atoms with van der Waals surface area (Å²) >= 11 is 0. The second kappa shape index (κ2) is 11.2. The molecule has 0 saturated carbocycles. The normalized spacial score (nSPS) is 12.6. The van der Waals surface area contributed by atoms with Gasteiger partial charge in [0.1, 0.15) is 0 Å². The molecule has 0 radical (unpaired) electrons. The Morgan fingerprint density at radius 3 is 2.21 bits per heavy atom. The maximum absolute atomic E-state index is 12.0. The van der Waals surface area contributed by atoms with Crippen molar-refractivity contribution in [1.29, 1.82) is 0 Å². The number of rotatable bonds is 8.